The minimum Gasteiger partial charge on any atom is -0.497 e. The summed E-state index contributed by atoms with van der Waals surface area (Å²) in [4.78, 5) is 29.2. The maximum atomic E-state index is 13.9. The first-order chi connectivity index (χ1) is 20.0. The summed E-state index contributed by atoms with van der Waals surface area (Å²) in [6, 6.07) is 23.6. The lowest BCUT2D eigenvalue weighted by Gasteiger charge is -2.32. The molecule has 0 radical (unpaired) electrons. The van der Waals surface area contributed by atoms with Gasteiger partial charge in [0.25, 0.3) is 0 Å². The molecule has 0 saturated carbocycles. The predicted octanol–water partition coefficient (Wildman–Crippen LogP) is 4.96. The lowest BCUT2D eigenvalue weighted by molar-refractivity contribution is -0.141. The van der Waals surface area contributed by atoms with Gasteiger partial charge in [-0.25, -0.2) is 8.42 Å². The number of carbonyl (C=O) groups is 2. The zero-order valence-electron chi connectivity index (χ0n) is 25.2. The van der Waals surface area contributed by atoms with Crippen LogP contribution in [0.25, 0.3) is 0 Å². The third-order valence-electron chi connectivity index (χ3n) is 6.90. The van der Waals surface area contributed by atoms with E-state index in [0.717, 1.165) is 22.9 Å². The van der Waals surface area contributed by atoms with E-state index >= 15 is 0 Å². The summed E-state index contributed by atoms with van der Waals surface area (Å²) < 4.78 is 31.8. The minimum absolute atomic E-state index is 0.0801. The Bertz CT molecular complexity index is 1410. The number of sulfonamides is 1. The van der Waals surface area contributed by atoms with Crippen LogP contribution in [0.1, 0.15) is 43.4 Å². The Hall–Kier alpha value is -3.85. The Morgan fingerprint density at radius 3 is 2.19 bits per heavy atom. The number of hydrogen-bond acceptors (Lipinski definition) is 5. The fourth-order valence-electron chi connectivity index (χ4n) is 4.74. The highest BCUT2D eigenvalue weighted by atomic mass is 32.2. The molecule has 0 heterocycles. The Labute approximate surface area is 250 Å². The molecule has 1 atom stereocenters. The molecule has 0 spiro atoms. The first kappa shape index (κ1) is 32.7. The second-order valence-electron chi connectivity index (χ2n) is 11.0. The summed E-state index contributed by atoms with van der Waals surface area (Å²) in [5, 5.41) is 3.03. The van der Waals surface area contributed by atoms with Crippen LogP contribution >= 0.6 is 0 Å². The average molecular weight is 594 g/mol. The van der Waals surface area contributed by atoms with Gasteiger partial charge in [0, 0.05) is 32.5 Å². The van der Waals surface area contributed by atoms with Gasteiger partial charge in [-0.2, -0.15) is 0 Å². The van der Waals surface area contributed by atoms with Gasteiger partial charge in [0.05, 0.1) is 19.1 Å². The topological polar surface area (TPSA) is 96.0 Å². The van der Waals surface area contributed by atoms with Crippen molar-refractivity contribution in [2.24, 2.45) is 5.92 Å². The monoisotopic (exact) mass is 593 g/mol. The zero-order valence-corrected chi connectivity index (χ0v) is 26.1. The van der Waals surface area contributed by atoms with Crippen LogP contribution in [0.15, 0.2) is 78.9 Å². The van der Waals surface area contributed by atoms with Crippen LogP contribution in [0.5, 0.6) is 5.75 Å². The van der Waals surface area contributed by atoms with E-state index in [9.17, 15) is 18.0 Å². The number of ether oxygens (including phenoxy) is 1. The van der Waals surface area contributed by atoms with Crippen LogP contribution in [0.3, 0.4) is 0 Å². The van der Waals surface area contributed by atoms with Crippen LogP contribution in [-0.4, -0.2) is 57.6 Å². The molecular weight excluding hydrogens is 550 g/mol. The van der Waals surface area contributed by atoms with Gasteiger partial charge in [-0.05, 0) is 54.7 Å². The van der Waals surface area contributed by atoms with E-state index in [1.54, 1.807) is 36.3 Å². The zero-order chi connectivity index (χ0) is 30.7. The normalized spacial score (nSPS) is 12.0. The first-order valence-corrected chi connectivity index (χ1v) is 16.1. The number of aryl methyl sites for hydroxylation is 1. The SMILES string of the molecule is COc1ccc(N(CCCC(=O)N(Cc2cccc(C)c2)[C@H](Cc2ccccc2)C(=O)NCC(C)C)S(C)(=O)=O)cc1. The number of carbonyl (C=O) groups excluding carboxylic acids is 2. The Balaban J connectivity index is 1.87. The van der Waals surface area contributed by atoms with Crippen LogP contribution in [0.4, 0.5) is 5.69 Å². The van der Waals surface area contributed by atoms with E-state index in [4.69, 9.17) is 4.74 Å². The van der Waals surface area contributed by atoms with Crippen molar-refractivity contribution in [3.05, 3.63) is 95.6 Å². The molecule has 226 valence electrons. The largest absolute Gasteiger partial charge is 0.497 e. The molecule has 42 heavy (non-hydrogen) atoms. The molecule has 3 aromatic carbocycles. The van der Waals surface area contributed by atoms with Crippen molar-refractivity contribution < 1.29 is 22.7 Å². The summed E-state index contributed by atoms with van der Waals surface area (Å²) >= 11 is 0. The highest BCUT2D eigenvalue weighted by Crippen LogP contribution is 2.23. The second-order valence-corrected chi connectivity index (χ2v) is 12.9. The highest BCUT2D eigenvalue weighted by molar-refractivity contribution is 7.92. The fourth-order valence-corrected chi connectivity index (χ4v) is 5.70. The molecule has 0 aliphatic carbocycles. The van der Waals surface area contributed by atoms with Crippen LogP contribution in [0, 0.1) is 12.8 Å². The van der Waals surface area contributed by atoms with Crippen LogP contribution < -0.4 is 14.4 Å². The summed E-state index contributed by atoms with van der Waals surface area (Å²) in [6.45, 7) is 6.93. The van der Waals surface area contributed by atoms with E-state index in [2.05, 4.69) is 5.32 Å². The lowest BCUT2D eigenvalue weighted by atomic mass is 10.0. The van der Waals surface area contributed by atoms with Crippen molar-refractivity contribution in [2.45, 2.75) is 52.6 Å². The average Bonchev–Trinajstić information content (AvgIpc) is 2.95. The molecule has 8 nitrogen and oxygen atoms in total. The van der Waals surface area contributed by atoms with Gasteiger partial charge in [-0.1, -0.05) is 74.0 Å². The summed E-state index contributed by atoms with van der Waals surface area (Å²) in [5.41, 5.74) is 3.44. The summed E-state index contributed by atoms with van der Waals surface area (Å²) in [5.74, 6) is 0.464. The molecule has 0 unspecified atom stereocenters. The molecule has 0 aromatic heterocycles. The third kappa shape index (κ3) is 9.91. The Kier molecular flexibility index (Phi) is 12.0. The number of hydrogen-bond donors (Lipinski definition) is 1. The number of benzene rings is 3. The van der Waals surface area contributed by atoms with Crippen LogP contribution in [-0.2, 0) is 32.6 Å². The highest BCUT2D eigenvalue weighted by Gasteiger charge is 2.30. The minimum atomic E-state index is -3.59. The molecular formula is C33H43N3O5S. The summed E-state index contributed by atoms with van der Waals surface area (Å²) in [7, 11) is -2.04. The van der Waals surface area contributed by atoms with E-state index < -0.39 is 16.1 Å². The van der Waals surface area contributed by atoms with E-state index in [-0.39, 0.29) is 43.7 Å². The maximum absolute atomic E-state index is 13.9. The van der Waals surface area contributed by atoms with E-state index in [1.807, 2.05) is 75.4 Å². The number of methoxy groups -OCH3 is 1. The molecule has 2 amide bonds. The van der Waals surface area contributed by atoms with Gasteiger partial charge in [0.1, 0.15) is 11.8 Å². The molecule has 0 fully saturated rings. The number of anilines is 1. The smallest absolute Gasteiger partial charge is 0.243 e. The predicted molar refractivity (Wildman–Crippen MR) is 168 cm³/mol. The molecule has 3 rings (SSSR count). The lowest BCUT2D eigenvalue weighted by Crippen LogP contribution is -2.51. The van der Waals surface area contributed by atoms with E-state index in [1.165, 1.54) is 4.31 Å². The fraction of sp³-hybridized carbons (Fsp3) is 0.394. The summed E-state index contributed by atoms with van der Waals surface area (Å²) in [6.07, 6.45) is 1.88. The molecule has 0 bridgehead atoms. The number of nitrogens with one attached hydrogen (secondary N) is 1. The number of nitrogens with zero attached hydrogens (tertiary/aromatic N) is 2. The van der Waals surface area contributed by atoms with Gasteiger partial charge in [0.2, 0.25) is 21.8 Å². The molecule has 0 saturated heterocycles. The van der Waals surface area contributed by atoms with Gasteiger partial charge in [-0.3, -0.25) is 13.9 Å². The Morgan fingerprint density at radius 2 is 1.60 bits per heavy atom. The molecule has 0 aliphatic heterocycles. The molecule has 9 heteroatoms. The van der Waals surface area contributed by atoms with Gasteiger partial charge >= 0.3 is 0 Å². The number of rotatable bonds is 15. The van der Waals surface area contributed by atoms with Gasteiger partial charge in [0.15, 0.2) is 0 Å². The van der Waals surface area contributed by atoms with Crippen molar-refractivity contribution in [1.82, 2.24) is 10.2 Å². The Morgan fingerprint density at radius 1 is 0.929 bits per heavy atom. The molecule has 3 aromatic rings. The van der Waals surface area contributed by atoms with Crippen molar-refractivity contribution in [2.75, 3.05) is 30.8 Å². The van der Waals surface area contributed by atoms with Crippen molar-refractivity contribution in [1.29, 1.82) is 0 Å². The van der Waals surface area contributed by atoms with Gasteiger partial charge < -0.3 is 15.0 Å². The molecule has 1 N–H and O–H groups in total. The van der Waals surface area contributed by atoms with Crippen LogP contribution in [0.2, 0.25) is 0 Å². The standard InChI is InChI=1S/C33H43N3O5S/c1-25(2)23-34-33(38)31(22-27-12-7-6-8-13-27)35(24-28-14-9-11-26(3)21-28)32(37)15-10-20-36(42(5,39)40)29-16-18-30(41-4)19-17-29/h6-9,11-14,16-19,21,25,31H,10,15,20,22-24H2,1-5H3,(H,34,38)/t31-/m1/s1. The van der Waals surface area contributed by atoms with Gasteiger partial charge in [-0.15, -0.1) is 0 Å². The van der Waals surface area contributed by atoms with Crippen molar-refractivity contribution >= 4 is 27.5 Å². The quantitative estimate of drug-likeness (QED) is 0.269. The van der Waals surface area contributed by atoms with Crippen molar-refractivity contribution in [3.8, 4) is 5.75 Å². The maximum Gasteiger partial charge on any atom is 0.243 e. The third-order valence-corrected chi connectivity index (χ3v) is 8.10. The molecule has 0 aliphatic rings. The van der Waals surface area contributed by atoms with E-state index in [0.29, 0.717) is 24.4 Å². The van der Waals surface area contributed by atoms with Crippen molar-refractivity contribution in [3.63, 3.8) is 0 Å². The number of amides is 2. The second kappa shape index (κ2) is 15.4. The first-order valence-electron chi connectivity index (χ1n) is 14.3.